The van der Waals surface area contributed by atoms with Gasteiger partial charge in [0.25, 0.3) is 5.91 Å². The summed E-state index contributed by atoms with van der Waals surface area (Å²) >= 11 is 6.31. The Hall–Kier alpha value is -2.17. The molecule has 3 aliphatic rings. The highest BCUT2D eigenvalue weighted by Gasteiger charge is 2.32. The molecule has 0 radical (unpaired) electrons. The molecule has 1 fully saturated rings. The minimum absolute atomic E-state index is 0.223. The van der Waals surface area contributed by atoms with Crippen LogP contribution in [0, 0.1) is 0 Å². The van der Waals surface area contributed by atoms with Crippen molar-refractivity contribution in [1.82, 2.24) is 10.6 Å². The standard InChI is InChI=1S/C22H24ClN3O/c1-22(2)17-7-6-15(14-8-10-24-11-9-14)12-19(17)25-13-16-18(23)4-3-5-20(22)26-21(16)27/h3-7,12-14,24H,8-11H2,1-2H3,(H,26,27). The van der Waals surface area contributed by atoms with Crippen molar-refractivity contribution in [2.75, 3.05) is 13.1 Å². The predicted molar refractivity (Wildman–Crippen MR) is 111 cm³/mol. The smallest absolute Gasteiger partial charge is 0.258 e. The van der Waals surface area contributed by atoms with E-state index in [1.54, 1.807) is 12.3 Å². The fraction of sp³-hybridized carbons (Fsp3) is 0.364. The maximum absolute atomic E-state index is 12.7. The van der Waals surface area contributed by atoms with Crippen molar-refractivity contribution in [2.24, 2.45) is 4.99 Å². The molecule has 140 valence electrons. The first-order valence-corrected chi connectivity index (χ1v) is 9.84. The largest absolute Gasteiger partial charge is 0.325 e. The first-order chi connectivity index (χ1) is 13.0. The monoisotopic (exact) mass is 381 g/mol. The molecule has 0 aliphatic carbocycles. The van der Waals surface area contributed by atoms with Gasteiger partial charge in [-0.25, -0.2) is 0 Å². The molecule has 0 unspecified atom stereocenters. The summed E-state index contributed by atoms with van der Waals surface area (Å²) in [5, 5.41) is 6.84. The molecule has 1 aromatic carbocycles. The van der Waals surface area contributed by atoms with Gasteiger partial charge in [-0.15, -0.1) is 0 Å². The molecule has 1 saturated heterocycles. The zero-order valence-corrected chi connectivity index (χ0v) is 16.4. The average Bonchev–Trinajstić information content (AvgIpc) is 2.68. The van der Waals surface area contributed by atoms with Crippen LogP contribution in [0.3, 0.4) is 0 Å². The third-order valence-corrected chi connectivity index (χ3v) is 6.10. The van der Waals surface area contributed by atoms with Crippen LogP contribution in [0.15, 0.2) is 57.7 Å². The maximum atomic E-state index is 12.7. The van der Waals surface area contributed by atoms with Crippen LogP contribution in [-0.4, -0.2) is 25.2 Å². The van der Waals surface area contributed by atoms with Crippen LogP contribution in [0.2, 0.25) is 0 Å². The lowest BCUT2D eigenvalue weighted by Gasteiger charge is -2.31. The van der Waals surface area contributed by atoms with Crippen LogP contribution in [0.4, 0.5) is 5.69 Å². The van der Waals surface area contributed by atoms with E-state index in [0.29, 0.717) is 16.5 Å². The molecule has 0 saturated carbocycles. The number of nitrogens with one attached hydrogen (secondary N) is 2. The van der Waals surface area contributed by atoms with E-state index in [1.165, 1.54) is 5.56 Å². The van der Waals surface area contributed by atoms with E-state index in [4.69, 9.17) is 16.6 Å². The van der Waals surface area contributed by atoms with Crippen molar-refractivity contribution >= 4 is 29.4 Å². The Morgan fingerprint density at radius 3 is 2.78 bits per heavy atom. The minimum Gasteiger partial charge on any atom is -0.325 e. The molecule has 3 aliphatic heterocycles. The third kappa shape index (κ3) is 3.40. The van der Waals surface area contributed by atoms with Gasteiger partial charge in [0, 0.05) is 17.3 Å². The first kappa shape index (κ1) is 18.2. The highest BCUT2D eigenvalue weighted by Crippen LogP contribution is 2.40. The van der Waals surface area contributed by atoms with Crippen LogP contribution in [-0.2, 0) is 10.2 Å². The Morgan fingerprint density at radius 1 is 1.22 bits per heavy atom. The van der Waals surface area contributed by atoms with E-state index in [0.717, 1.165) is 42.9 Å². The van der Waals surface area contributed by atoms with Crippen LogP contribution in [0.1, 0.15) is 43.7 Å². The fourth-order valence-corrected chi connectivity index (χ4v) is 4.22. The number of allylic oxidation sites excluding steroid dienone is 5. The van der Waals surface area contributed by atoms with Crippen molar-refractivity contribution in [1.29, 1.82) is 0 Å². The van der Waals surface area contributed by atoms with Crippen molar-refractivity contribution in [3.05, 3.63) is 63.9 Å². The molecule has 4 rings (SSSR count). The van der Waals surface area contributed by atoms with Gasteiger partial charge in [0.05, 0.1) is 16.3 Å². The van der Waals surface area contributed by atoms with Crippen molar-refractivity contribution < 1.29 is 4.79 Å². The lowest BCUT2D eigenvalue weighted by molar-refractivity contribution is -0.116. The zero-order valence-electron chi connectivity index (χ0n) is 15.7. The number of nitrogens with zero attached hydrogens (tertiary/aromatic N) is 1. The van der Waals surface area contributed by atoms with Crippen molar-refractivity contribution in [3.63, 3.8) is 0 Å². The number of aliphatic imine (C=N–C) groups is 1. The molecule has 0 aromatic heterocycles. The van der Waals surface area contributed by atoms with Crippen LogP contribution in [0.25, 0.3) is 0 Å². The molecule has 0 spiro atoms. The summed E-state index contributed by atoms with van der Waals surface area (Å²) < 4.78 is 0. The van der Waals surface area contributed by atoms with Gasteiger partial charge in [-0.3, -0.25) is 9.79 Å². The lowest BCUT2D eigenvalue weighted by Crippen LogP contribution is -2.35. The summed E-state index contributed by atoms with van der Waals surface area (Å²) in [6.45, 7) is 6.33. The van der Waals surface area contributed by atoms with Gasteiger partial charge < -0.3 is 10.6 Å². The van der Waals surface area contributed by atoms with Crippen LogP contribution in [0.5, 0.6) is 0 Å². The van der Waals surface area contributed by atoms with Crippen LogP contribution < -0.4 is 10.6 Å². The van der Waals surface area contributed by atoms with Crippen molar-refractivity contribution in [3.8, 4) is 0 Å². The summed E-state index contributed by atoms with van der Waals surface area (Å²) in [6, 6.07) is 6.58. The average molecular weight is 382 g/mol. The predicted octanol–water partition coefficient (Wildman–Crippen LogP) is 4.21. The van der Waals surface area contributed by atoms with E-state index in [-0.39, 0.29) is 5.91 Å². The molecular formula is C22H24ClN3O. The number of carbonyl (C=O) groups is 1. The van der Waals surface area contributed by atoms with Gasteiger partial charge in [0.1, 0.15) is 0 Å². The fourth-order valence-electron chi connectivity index (χ4n) is 4.02. The Bertz CT molecular complexity index is 902. The molecule has 5 heteroatoms. The maximum Gasteiger partial charge on any atom is 0.258 e. The molecule has 1 aromatic rings. The lowest BCUT2D eigenvalue weighted by atomic mass is 9.78. The number of halogens is 1. The van der Waals surface area contributed by atoms with Gasteiger partial charge in [-0.05, 0) is 61.2 Å². The number of hydrogen-bond donors (Lipinski definition) is 2. The second-order valence-corrected chi connectivity index (χ2v) is 8.25. The molecule has 0 atom stereocenters. The molecular weight excluding hydrogens is 358 g/mol. The molecule has 27 heavy (non-hydrogen) atoms. The normalized spacial score (nSPS) is 28.0. The van der Waals surface area contributed by atoms with E-state index in [1.807, 2.05) is 12.2 Å². The second-order valence-electron chi connectivity index (χ2n) is 7.84. The summed E-state index contributed by atoms with van der Waals surface area (Å²) in [4.78, 5) is 17.4. The van der Waals surface area contributed by atoms with E-state index >= 15 is 0 Å². The Morgan fingerprint density at radius 2 is 2.00 bits per heavy atom. The van der Waals surface area contributed by atoms with E-state index in [2.05, 4.69) is 42.7 Å². The Labute approximate surface area is 165 Å². The van der Waals surface area contributed by atoms with Crippen LogP contribution >= 0.6 is 11.6 Å². The molecule has 2 N–H and O–H groups in total. The minimum atomic E-state index is -0.390. The van der Waals surface area contributed by atoms with Gasteiger partial charge in [0.15, 0.2) is 0 Å². The number of piperidine rings is 1. The SMILES string of the molecule is CC1(C)/C2=C/C=C\C(Cl)=C(/C=Nc3cc(C4CCNCC4)ccc31)C(=O)N2. The number of rotatable bonds is 1. The summed E-state index contributed by atoms with van der Waals surface area (Å²) in [5.74, 6) is 0.326. The highest BCUT2D eigenvalue weighted by molar-refractivity contribution is 6.36. The highest BCUT2D eigenvalue weighted by atomic mass is 35.5. The van der Waals surface area contributed by atoms with Gasteiger partial charge >= 0.3 is 0 Å². The number of amides is 1. The summed E-state index contributed by atoms with van der Waals surface area (Å²) in [5.41, 5.74) is 4.15. The molecule has 1 amide bonds. The second kappa shape index (κ2) is 7.10. The van der Waals surface area contributed by atoms with Crippen molar-refractivity contribution in [2.45, 2.75) is 38.0 Å². The molecule has 3 heterocycles. The van der Waals surface area contributed by atoms with Gasteiger partial charge in [-0.1, -0.05) is 43.7 Å². The quantitative estimate of drug-likeness (QED) is 0.765. The van der Waals surface area contributed by atoms with Gasteiger partial charge in [0.2, 0.25) is 0 Å². The number of benzene rings is 1. The topological polar surface area (TPSA) is 53.5 Å². The number of hydrogen-bond acceptors (Lipinski definition) is 3. The third-order valence-electron chi connectivity index (χ3n) is 5.77. The van der Waals surface area contributed by atoms with E-state index in [9.17, 15) is 4.79 Å². The molecule has 2 bridgehead atoms. The summed E-state index contributed by atoms with van der Waals surface area (Å²) in [6.07, 6.45) is 9.41. The molecule has 4 nitrogen and oxygen atoms in total. The number of fused-ring (bicyclic) bond motifs is 4. The summed E-state index contributed by atoms with van der Waals surface area (Å²) in [7, 11) is 0. The van der Waals surface area contributed by atoms with Gasteiger partial charge in [-0.2, -0.15) is 0 Å². The van der Waals surface area contributed by atoms with E-state index < -0.39 is 5.41 Å². The first-order valence-electron chi connectivity index (χ1n) is 9.46. The number of carbonyl (C=O) groups excluding carboxylic acids is 1. The zero-order chi connectivity index (χ0) is 19.0. The Kier molecular flexibility index (Phi) is 4.79. The Balaban J connectivity index is 1.87.